The standard InChI is InChI=1S/C11H17N3O8/c12-8-13-6(17)2-4-9(19,1-15)5-3(16)10(2,14-8)7(18)11(20,21-4)22-5/h2-7,15-20H,1H2,(H3,12,13,14)/t2-,3-,4+,5-,6-,7-,9-,10+,11-/m0/s1. The van der Waals surface area contributed by atoms with Gasteiger partial charge in [0, 0.05) is 0 Å². The first-order valence-electron chi connectivity index (χ1n) is 6.77. The molecule has 1 spiro atoms. The summed E-state index contributed by atoms with van der Waals surface area (Å²) in [5.41, 5.74) is 1.74. The first kappa shape index (κ1) is 14.5. The van der Waals surface area contributed by atoms with Crippen LogP contribution in [0.4, 0.5) is 0 Å². The summed E-state index contributed by atoms with van der Waals surface area (Å²) in [5, 5.41) is 64.3. The predicted octanol–water partition coefficient (Wildman–Crippen LogP) is -5.52. The maximum Gasteiger partial charge on any atom is 0.311 e. The van der Waals surface area contributed by atoms with Crippen molar-refractivity contribution in [2.45, 2.75) is 47.8 Å². The first-order valence-corrected chi connectivity index (χ1v) is 6.77. The Labute approximate surface area is 123 Å². The van der Waals surface area contributed by atoms with Crippen LogP contribution in [-0.2, 0) is 9.47 Å². The summed E-state index contributed by atoms with van der Waals surface area (Å²) in [6.07, 6.45) is -7.77. The average molecular weight is 319 g/mol. The lowest BCUT2D eigenvalue weighted by atomic mass is 9.55. The Balaban J connectivity index is 1.95. The van der Waals surface area contributed by atoms with E-state index in [1.54, 1.807) is 0 Å². The Hall–Kier alpha value is -1.05. The minimum absolute atomic E-state index is 0.250. The summed E-state index contributed by atoms with van der Waals surface area (Å²) in [5.74, 6) is -3.95. The Morgan fingerprint density at radius 2 is 1.82 bits per heavy atom. The van der Waals surface area contributed by atoms with E-state index in [1.807, 2.05) is 0 Å². The van der Waals surface area contributed by atoms with Gasteiger partial charge in [0.25, 0.3) is 0 Å². The molecule has 1 saturated carbocycles. The fraction of sp³-hybridized carbons (Fsp3) is 0.909. The smallest absolute Gasteiger partial charge is 0.311 e. The van der Waals surface area contributed by atoms with Gasteiger partial charge in [-0.15, -0.1) is 0 Å². The fourth-order valence-electron chi connectivity index (χ4n) is 4.24. The molecule has 0 aromatic carbocycles. The van der Waals surface area contributed by atoms with E-state index in [1.165, 1.54) is 0 Å². The van der Waals surface area contributed by atoms with Gasteiger partial charge in [-0.05, 0) is 0 Å². The molecule has 0 aromatic rings. The largest absolute Gasteiger partial charge is 0.393 e. The van der Waals surface area contributed by atoms with Crippen molar-refractivity contribution < 1.29 is 40.1 Å². The zero-order valence-corrected chi connectivity index (χ0v) is 11.2. The normalized spacial score (nSPS) is 62.4. The number of aliphatic imine (C=N–C) groups is 1. The molecule has 1 aliphatic carbocycles. The van der Waals surface area contributed by atoms with E-state index >= 15 is 0 Å². The highest BCUT2D eigenvalue weighted by Crippen LogP contribution is 2.58. The molecule has 3 saturated heterocycles. The molecule has 124 valence electrons. The molecule has 11 nitrogen and oxygen atoms in total. The van der Waals surface area contributed by atoms with Crippen LogP contribution in [0.25, 0.3) is 0 Å². The maximum absolute atomic E-state index is 10.6. The molecule has 4 fully saturated rings. The number of nitrogens with zero attached hydrogens (tertiary/aromatic N) is 1. The van der Waals surface area contributed by atoms with Gasteiger partial charge in [0.2, 0.25) is 0 Å². The number of aliphatic hydroxyl groups excluding tert-OH is 4. The van der Waals surface area contributed by atoms with Crippen molar-refractivity contribution >= 4 is 5.96 Å². The fourth-order valence-corrected chi connectivity index (χ4v) is 4.24. The predicted molar refractivity (Wildman–Crippen MR) is 65.7 cm³/mol. The molecule has 4 heterocycles. The zero-order chi connectivity index (χ0) is 16.1. The van der Waals surface area contributed by atoms with Gasteiger partial charge in [0.05, 0.1) is 12.5 Å². The summed E-state index contributed by atoms with van der Waals surface area (Å²) in [4.78, 5) is 3.70. The van der Waals surface area contributed by atoms with Crippen molar-refractivity contribution in [2.75, 3.05) is 6.61 Å². The maximum atomic E-state index is 10.6. The third kappa shape index (κ3) is 1.28. The number of nitrogens with one attached hydrogen (secondary N) is 1. The van der Waals surface area contributed by atoms with Crippen molar-refractivity contribution in [3.63, 3.8) is 0 Å². The van der Waals surface area contributed by atoms with Crippen LogP contribution in [0, 0.1) is 5.92 Å². The number of aliphatic hydroxyl groups is 6. The van der Waals surface area contributed by atoms with Crippen LogP contribution in [-0.4, -0.2) is 91.0 Å². The van der Waals surface area contributed by atoms with Gasteiger partial charge in [0.15, 0.2) is 18.3 Å². The molecule has 0 amide bonds. The summed E-state index contributed by atoms with van der Waals surface area (Å²) in [6.45, 7) is -0.857. The van der Waals surface area contributed by atoms with Crippen LogP contribution < -0.4 is 11.1 Å². The molecule has 0 unspecified atom stereocenters. The summed E-state index contributed by atoms with van der Waals surface area (Å²) < 4.78 is 10.3. The minimum atomic E-state index is -2.52. The van der Waals surface area contributed by atoms with Gasteiger partial charge in [-0.25, -0.2) is 4.99 Å². The van der Waals surface area contributed by atoms with Gasteiger partial charge in [-0.2, -0.15) is 0 Å². The number of rotatable bonds is 1. The van der Waals surface area contributed by atoms with E-state index in [-0.39, 0.29) is 5.96 Å². The summed E-state index contributed by atoms with van der Waals surface area (Å²) in [7, 11) is 0. The Bertz CT molecular complexity index is 561. The Kier molecular flexibility index (Phi) is 2.57. The van der Waals surface area contributed by atoms with E-state index in [9.17, 15) is 30.6 Å². The van der Waals surface area contributed by atoms with Crippen LogP contribution >= 0.6 is 0 Å². The molecule has 5 aliphatic rings. The SMILES string of the molecule is NC1=N[C@@H](O)[C@@H]2[C@H]3O[C@]4(O)O[C@@H]([C@H](O)[C@@]2(N1)[C@@H]4O)[C@]3(O)CO. The van der Waals surface area contributed by atoms with Gasteiger partial charge < -0.3 is 51.2 Å². The molecule has 5 rings (SSSR count). The van der Waals surface area contributed by atoms with Gasteiger partial charge in [-0.3, -0.25) is 0 Å². The van der Waals surface area contributed by atoms with E-state index < -0.39 is 60.3 Å². The number of guanidine groups is 1. The molecule has 9 atom stereocenters. The monoisotopic (exact) mass is 319 g/mol. The number of hydrogen-bond acceptors (Lipinski definition) is 11. The number of nitrogens with two attached hydrogens (primary N) is 1. The quantitative estimate of drug-likeness (QED) is 0.231. The third-order valence-corrected chi connectivity index (χ3v) is 5.22. The Morgan fingerprint density at radius 1 is 1.18 bits per heavy atom. The summed E-state index contributed by atoms with van der Waals surface area (Å²) in [6, 6.07) is 0. The van der Waals surface area contributed by atoms with E-state index in [4.69, 9.17) is 15.2 Å². The lowest BCUT2D eigenvalue weighted by Gasteiger charge is -2.71. The minimum Gasteiger partial charge on any atom is -0.393 e. The van der Waals surface area contributed by atoms with E-state index in [2.05, 4.69) is 10.3 Å². The molecule has 9 N–H and O–H groups in total. The van der Waals surface area contributed by atoms with Crippen molar-refractivity contribution in [3.05, 3.63) is 0 Å². The van der Waals surface area contributed by atoms with Crippen LogP contribution in [0.1, 0.15) is 0 Å². The molecule has 22 heavy (non-hydrogen) atoms. The number of ether oxygens (including phenoxy) is 2. The van der Waals surface area contributed by atoms with Crippen molar-refractivity contribution in [1.29, 1.82) is 0 Å². The van der Waals surface area contributed by atoms with Crippen LogP contribution in [0.15, 0.2) is 4.99 Å². The Morgan fingerprint density at radius 3 is 2.45 bits per heavy atom. The molecular weight excluding hydrogens is 302 g/mol. The third-order valence-electron chi connectivity index (χ3n) is 5.22. The van der Waals surface area contributed by atoms with Crippen molar-refractivity contribution in [3.8, 4) is 0 Å². The lowest BCUT2D eigenvalue weighted by molar-refractivity contribution is -0.548. The highest BCUT2D eigenvalue weighted by Gasteiger charge is 2.82. The van der Waals surface area contributed by atoms with Gasteiger partial charge in [0.1, 0.15) is 29.5 Å². The van der Waals surface area contributed by atoms with Crippen molar-refractivity contribution in [1.82, 2.24) is 5.32 Å². The van der Waals surface area contributed by atoms with Gasteiger partial charge in [-0.1, -0.05) is 0 Å². The molecule has 0 aromatic heterocycles. The van der Waals surface area contributed by atoms with E-state index in [0.717, 1.165) is 0 Å². The second kappa shape index (κ2) is 3.88. The molecule has 0 radical (unpaired) electrons. The van der Waals surface area contributed by atoms with Crippen LogP contribution in [0.2, 0.25) is 0 Å². The highest BCUT2D eigenvalue weighted by molar-refractivity contribution is 5.80. The molecule has 4 aliphatic heterocycles. The second-order valence-corrected chi connectivity index (χ2v) is 6.22. The van der Waals surface area contributed by atoms with Gasteiger partial charge >= 0.3 is 5.97 Å². The lowest BCUT2D eigenvalue weighted by Crippen LogP contribution is -2.95. The topological polar surface area (TPSA) is 190 Å². The first-order chi connectivity index (χ1) is 10.2. The average Bonchev–Trinajstić information content (AvgIpc) is 2.45. The van der Waals surface area contributed by atoms with Crippen LogP contribution in [0.5, 0.6) is 0 Å². The van der Waals surface area contributed by atoms with Crippen LogP contribution in [0.3, 0.4) is 0 Å². The molecular formula is C11H17N3O8. The second-order valence-electron chi connectivity index (χ2n) is 6.22. The molecule has 11 heteroatoms. The van der Waals surface area contributed by atoms with Crippen molar-refractivity contribution in [2.24, 2.45) is 16.6 Å². The number of hydrogen-bond donors (Lipinski definition) is 8. The van der Waals surface area contributed by atoms with E-state index in [0.29, 0.717) is 0 Å². The zero-order valence-electron chi connectivity index (χ0n) is 11.2. The summed E-state index contributed by atoms with van der Waals surface area (Å²) >= 11 is 0. The highest BCUT2D eigenvalue weighted by atomic mass is 16.9. The molecule has 4 bridgehead atoms.